The smallest absolute Gasteiger partial charge is 0.0443 e. The van der Waals surface area contributed by atoms with E-state index in [2.05, 4.69) is 51.4 Å². The van der Waals surface area contributed by atoms with Crippen LogP contribution < -0.4 is 5.32 Å². The first-order valence-electron chi connectivity index (χ1n) is 6.85. The Kier molecular flexibility index (Phi) is 5.67. The zero-order valence-corrected chi connectivity index (χ0v) is 13.7. The van der Waals surface area contributed by atoms with Crippen LogP contribution in [0.1, 0.15) is 37.6 Å². The van der Waals surface area contributed by atoms with Gasteiger partial charge in [0, 0.05) is 47.0 Å². The lowest BCUT2D eigenvalue weighted by Crippen LogP contribution is -2.45. The minimum Gasteiger partial charge on any atom is -0.314 e. The Hall–Kier alpha value is 0.1000. The Labute approximate surface area is 123 Å². The summed E-state index contributed by atoms with van der Waals surface area (Å²) in [5.74, 6) is 0.791. The molecule has 102 valence electrons. The molecule has 4 heteroatoms. The molecule has 0 amide bonds. The average Bonchev–Trinajstić information content (AvgIpc) is 2.77. The molecule has 18 heavy (non-hydrogen) atoms. The summed E-state index contributed by atoms with van der Waals surface area (Å²) in [5, 5.41) is 5.65. The van der Waals surface area contributed by atoms with Crippen LogP contribution in [0.15, 0.2) is 15.9 Å². The Bertz CT molecular complexity index is 358. The van der Waals surface area contributed by atoms with Crippen LogP contribution in [0.2, 0.25) is 0 Å². The number of piperazine rings is 1. The van der Waals surface area contributed by atoms with E-state index in [4.69, 9.17) is 0 Å². The minimum absolute atomic E-state index is 0.616. The van der Waals surface area contributed by atoms with E-state index in [1.165, 1.54) is 35.3 Å². The highest BCUT2D eigenvalue weighted by atomic mass is 79.9. The van der Waals surface area contributed by atoms with E-state index >= 15 is 0 Å². The normalized spacial score (nSPS) is 19.3. The third-order valence-corrected chi connectivity index (χ3v) is 5.32. The molecule has 1 N–H and O–H groups in total. The van der Waals surface area contributed by atoms with Gasteiger partial charge in [-0.3, -0.25) is 4.90 Å². The molecular weight excluding hydrogens is 308 g/mol. The lowest BCUT2D eigenvalue weighted by atomic mass is 10.0. The number of nitrogens with zero attached hydrogens (tertiary/aromatic N) is 1. The molecular formula is C14H23BrN2S. The van der Waals surface area contributed by atoms with Gasteiger partial charge in [0.05, 0.1) is 0 Å². The topological polar surface area (TPSA) is 15.3 Å². The fourth-order valence-electron chi connectivity index (χ4n) is 2.49. The van der Waals surface area contributed by atoms with Crippen molar-refractivity contribution in [1.29, 1.82) is 0 Å². The lowest BCUT2D eigenvalue weighted by molar-refractivity contribution is 0.162. The molecule has 0 unspecified atom stereocenters. The Morgan fingerprint density at radius 3 is 2.61 bits per heavy atom. The first-order valence-corrected chi connectivity index (χ1v) is 8.53. The van der Waals surface area contributed by atoms with Crippen LogP contribution in [0, 0.1) is 5.92 Å². The quantitative estimate of drug-likeness (QED) is 0.880. The highest BCUT2D eigenvalue weighted by molar-refractivity contribution is 9.10. The Morgan fingerprint density at radius 2 is 2.06 bits per heavy atom. The number of hydrogen-bond donors (Lipinski definition) is 1. The van der Waals surface area contributed by atoms with Gasteiger partial charge in [0.2, 0.25) is 0 Å². The number of thiophene rings is 1. The van der Waals surface area contributed by atoms with Gasteiger partial charge in [-0.25, -0.2) is 0 Å². The van der Waals surface area contributed by atoms with Gasteiger partial charge in [-0.2, -0.15) is 0 Å². The zero-order valence-electron chi connectivity index (χ0n) is 11.3. The van der Waals surface area contributed by atoms with Crippen LogP contribution in [-0.4, -0.2) is 31.1 Å². The maximum Gasteiger partial charge on any atom is 0.0443 e. The first-order chi connectivity index (χ1) is 8.66. The van der Waals surface area contributed by atoms with Gasteiger partial charge in [-0.1, -0.05) is 13.8 Å². The molecule has 2 rings (SSSR count). The van der Waals surface area contributed by atoms with E-state index in [1.807, 2.05) is 11.3 Å². The van der Waals surface area contributed by atoms with Crippen LogP contribution in [0.25, 0.3) is 0 Å². The highest BCUT2D eigenvalue weighted by Gasteiger charge is 2.23. The fourth-order valence-corrected chi connectivity index (χ4v) is 4.11. The number of rotatable bonds is 5. The second-order valence-corrected chi connectivity index (χ2v) is 7.30. The predicted octanol–water partition coefficient (Wildman–Crippen LogP) is 3.89. The largest absolute Gasteiger partial charge is 0.314 e. The van der Waals surface area contributed by atoms with Gasteiger partial charge in [0.1, 0.15) is 0 Å². The maximum atomic E-state index is 3.58. The molecule has 0 radical (unpaired) electrons. The van der Waals surface area contributed by atoms with Crippen LogP contribution in [0.4, 0.5) is 0 Å². The lowest BCUT2D eigenvalue weighted by Gasteiger charge is -2.34. The summed E-state index contributed by atoms with van der Waals surface area (Å²) in [4.78, 5) is 4.17. The average molecular weight is 331 g/mol. The number of nitrogens with one attached hydrogen (secondary N) is 1. The summed E-state index contributed by atoms with van der Waals surface area (Å²) < 4.78 is 1.23. The van der Waals surface area contributed by atoms with E-state index in [1.54, 1.807) is 0 Å². The summed E-state index contributed by atoms with van der Waals surface area (Å²) in [6, 6.07) is 2.92. The van der Waals surface area contributed by atoms with Gasteiger partial charge in [-0.15, -0.1) is 11.3 Å². The van der Waals surface area contributed by atoms with Crippen molar-refractivity contribution in [2.75, 3.05) is 26.2 Å². The van der Waals surface area contributed by atoms with Crippen molar-refractivity contribution >= 4 is 27.3 Å². The standard InChI is InChI=1S/C14H23BrN2S/c1-11(2)3-4-13(14-9-12(15)10-18-14)17-7-5-16-6-8-17/h9-11,13,16H,3-8H2,1-2H3/t13-/m1/s1. The molecule has 1 aliphatic rings. The summed E-state index contributed by atoms with van der Waals surface area (Å²) in [6.45, 7) is 9.25. The van der Waals surface area contributed by atoms with Crippen LogP contribution >= 0.6 is 27.3 Å². The summed E-state index contributed by atoms with van der Waals surface area (Å²) in [7, 11) is 0. The predicted molar refractivity (Wildman–Crippen MR) is 83.3 cm³/mol. The fraction of sp³-hybridized carbons (Fsp3) is 0.714. The maximum absolute atomic E-state index is 3.58. The van der Waals surface area contributed by atoms with Crippen molar-refractivity contribution in [2.24, 2.45) is 5.92 Å². The molecule has 1 saturated heterocycles. The third-order valence-electron chi connectivity index (χ3n) is 3.53. The first kappa shape index (κ1) is 14.5. The Balaban J connectivity index is 2.06. The van der Waals surface area contributed by atoms with Crippen molar-refractivity contribution in [3.63, 3.8) is 0 Å². The van der Waals surface area contributed by atoms with E-state index in [0.717, 1.165) is 19.0 Å². The molecule has 0 bridgehead atoms. The van der Waals surface area contributed by atoms with Gasteiger partial charge in [0.15, 0.2) is 0 Å². The third kappa shape index (κ3) is 4.05. The monoisotopic (exact) mass is 330 g/mol. The SMILES string of the molecule is CC(C)CC[C@H](c1cc(Br)cs1)N1CCNCC1. The van der Waals surface area contributed by atoms with Gasteiger partial charge >= 0.3 is 0 Å². The van der Waals surface area contributed by atoms with Crippen molar-refractivity contribution in [3.8, 4) is 0 Å². The van der Waals surface area contributed by atoms with Crippen molar-refractivity contribution < 1.29 is 0 Å². The Morgan fingerprint density at radius 1 is 1.33 bits per heavy atom. The van der Waals surface area contributed by atoms with Crippen LogP contribution in [0.3, 0.4) is 0 Å². The van der Waals surface area contributed by atoms with Gasteiger partial charge in [0.25, 0.3) is 0 Å². The molecule has 1 aromatic rings. The molecule has 0 spiro atoms. The molecule has 1 aromatic heterocycles. The van der Waals surface area contributed by atoms with Crippen molar-refractivity contribution in [1.82, 2.24) is 10.2 Å². The number of hydrogen-bond acceptors (Lipinski definition) is 3. The highest BCUT2D eigenvalue weighted by Crippen LogP contribution is 2.33. The second kappa shape index (κ2) is 7.04. The zero-order chi connectivity index (χ0) is 13.0. The molecule has 1 aliphatic heterocycles. The molecule has 1 fully saturated rings. The molecule has 1 atom stereocenters. The molecule has 0 saturated carbocycles. The molecule has 0 aromatic carbocycles. The van der Waals surface area contributed by atoms with E-state index < -0.39 is 0 Å². The molecule has 2 nitrogen and oxygen atoms in total. The van der Waals surface area contributed by atoms with Crippen LogP contribution in [0.5, 0.6) is 0 Å². The summed E-state index contributed by atoms with van der Waals surface area (Å²) >= 11 is 5.48. The van der Waals surface area contributed by atoms with Crippen molar-refractivity contribution in [2.45, 2.75) is 32.7 Å². The van der Waals surface area contributed by atoms with E-state index in [0.29, 0.717) is 6.04 Å². The summed E-state index contributed by atoms with van der Waals surface area (Å²) in [6.07, 6.45) is 2.59. The van der Waals surface area contributed by atoms with E-state index in [9.17, 15) is 0 Å². The number of halogens is 1. The molecule has 2 heterocycles. The van der Waals surface area contributed by atoms with Gasteiger partial charge < -0.3 is 5.32 Å². The van der Waals surface area contributed by atoms with E-state index in [-0.39, 0.29) is 0 Å². The van der Waals surface area contributed by atoms with Crippen molar-refractivity contribution in [3.05, 3.63) is 20.8 Å². The molecule has 0 aliphatic carbocycles. The second-order valence-electron chi connectivity index (χ2n) is 5.44. The van der Waals surface area contributed by atoms with Gasteiger partial charge in [-0.05, 0) is 40.8 Å². The minimum atomic E-state index is 0.616. The van der Waals surface area contributed by atoms with Crippen LogP contribution in [-0.2, 0) is 0 Å². The summed E-state index contributed by atoms with van der Waals surface area (Å²) in [5.41, 5.74) is 0.